The molecular formula is C25H27N3O. The minimum Gasteiger partial charge on any atom is -0.495 e. The molecule has 0 atom stereocenters. The van der Waals surface area contributed by atoms with E-state index in [-0.39, 0.29) is 0 Å². The monoisotopic (exact) mass is 385 g/mol. The first kappa shape index (κ1) is 19.2. The number of pyridine rings is 1. The number of benzene rings is 2. The molecule has 0 aliphatic rings. The van der Waals surface area contributed by atoms with Crippen molar-refractivity contribution in [2.75, 3.05) is 27.7 Å². The molecule has 0 radical (unpaired) electrons. The zero-order valence-corrected chi connectivity index (χ0v) is 17.3. The standard InChI is InChI=1S/C25H27N3O/c1-27(2)13-8-14-28-18-23(22-11-7-12-24(29-3)25(22)28)21-15-20(16-26-17-21)19-9-5-4-6-10-19/h4-7,9-12,15-18H,8,13-14H2,1-3H3. The maximum absolute atomic E-state index is 5.69. The average molecular weight is 386 g/mol. The molecule has 0 aliphatic heterocycles. The molecule has 148 valence electrons. The number of ether oxygens (including phenoxy) is 1. The van der Waals surface area contributed by atoms with Crippen molar-refractivity contribution in [3.63, 3.8) is 0 Å². The quantitative estimate of drug-likeness (QED) is 0.431. The van der Waals surface area contributed by atoms with Crippen LogP contribution in [0.25, 0.3) is 33.2 Å². The van der Waals surface area contributed by atoms with Crippen molar-refractivity contribution in [2.24, 2.45) is 0 Å². The van der Waals surface area contributed by atoms with Crippen molar-refractivity contribution in [2.45, 2.75) is 13.0 Å². The molecule has 29 heavy (non-hydrogen) atoms. The highest BCUT2D eigenvalue weighted by molar-refractivity contribution is 5.99. The topological polar surface area (TPSA) is 30.3 Å². The SMILES string of the molecule is COc1cccc2c(-c3cncc(-c4ccccc4)c3)cn(CCCN(C)C)c12. The van der Waals surface area contributed by atoms with Gasteiger partial charge in [-0.3, -0.25) is 4.98 Å². The second-order valence-electron chi connectivity index (χ2n) is 7.58. The van der Waals surface area contributed by atoms with Crippen LogP contribution in [0.1, 0.15) is 6.42 Å². The molecule has 0 spiro atoms. The Hall–Kier alpha value is -3.11. The van der Waals surface area contributed by atoms with Gasteiger partial charge in [0.25, 0.3) is 0 Å². The summed E-state index contributed by atoms with van der Waals surface area (Å²) in [5, 5.41) is 1.20. The van der Waals surface area contributed by atoms with Crippen molar-refractivity contribution in [3.05, 3.63) is 73.2 Å². The summed E-state index contributed by atoms with van der Waals surface area (Å²) in [5.41, 5.74) is 5.76. The van der Waals surface area contributed by atoms with Gasteiger partial charge >= 0.3 is 0 Å². The maximum atomic E-state index is 5.69. The Bertz CT molecular complexity index is 1100. The molecule has 0 fully saturated rings. The summed E-state index contributed by atoms with van der Waals surface area (Å²) in [7, 11) is 5.96. The van der Waals surface area contributed by atoms with Crippen LogP contribution in [0, 0.1) is 0 Å². The third-order valence-corrected chi connectivity index (χ3v) is 5.24. The Morgan fingerprint density at radius 3 is 2.48 bits per heavy atom. The van der Waals surface area contributed by atoms with E-state index in [9.17, 15) is 0 Å². The molecule has 4 aromatic rings. The molecule has 0 unspecified atom stereocenters. The number of nitrogens with zero attached hydrogens (tertiary/aromatic N) is 3. The van der Waals surface area contributed by atoms with Crippen LogP contribution < -0.4 is 4.74 Å². The number of hydrogen-bond donors (Lipinski definition) is 0. The van der Waals surface area contributed by atoms with Gasteiger partial charge in [-0.05, 0) is 44.8 Å². The van der Waals surface area contributed by atoms with Crippen molar-refractivity contribution in [1.29, 1.82) is 0 Å². The van der Waals surface area contributed by atoms with Gasteiger partial charge in [0.15, 0.2) is 0 Å². The Labute approximate surface area is 172 Å². The number of hydrogen-bond acceptors (Lipinski definition) is 3. The number of para-hydroxylation sites is 1. The minimum atomic E-state index is 0.908. The molecule has 0 saturated carbocycles. The second-order valence-corrected chi connectivity index (χ2v) is 7.58. The van der Waals surface area contributed by atoms with Crippen LogP contribution in [-0.2, 0) is 6.54 Å². The number of rotatable bonds is 7. The Balaban J connectivity index is 1.80. The van der Waals surface area contributed by atoms with Gasteiger partial charge in [0, 0.05) is 47.2 Å². The number of aromatic nitrogens is 2. The predicted octanol–water partition coefficient (Wildman–Crippen LogP) is 5.33. The van der Waals surface area contributed by atoms with Crippen LogP contribution in [0.5, 0.6) is 5.75 Å². The first-order valence-electron chi connectivity index (χ1n) is 9.99. The minimum absolute atomic E-state index is 0.908. The molecule has 0 amide bonds. The summed E-state index contributed by atoms with van der Waals surface area (Å²) in [6, 6.07) is 18.9. The molecule has 4 nitrogen and oxygen atoms in total. The van der Waals surface area contributed by atoms with Gasteiger partial charge < -0.3 is 14.2 Å². The molecule has 0 N–H and O–H groups in total. The smallest absolute Gasteiger partial charge is 0.143 e. The van der Waals surface area contributed by atoms with E-state index in [0.29, 0.717) is 0 Å². The molecule has 0 saturated heterocycles. The molecule has 0 aliphatic carbocycles. The highest BCUT2D eigenvalue weighted by Gasteiger charge is 2.15. The number of fused-ring (bicyclic) bond motifs is 1. The van der Waals surface area contributed by atoms with Crippen LogP contribution in [0.15, 0.2) is 73.2 Å². The normalized spacial score (nSPS) is 11.3. The first-order chi connectivity index (χ1) is 14.2. The van der Waals surface area contributed by atoms with Crippen molar-refractivity contribution >= 4 is 10.9 Å². The van der Waals surface area contributed by atoms with E-state index in [1.807, 2.05) is 24.5 Å². The molecule has 2 aromatic heterocycles. The first-order valence-corrected chi connectivity index (χ1v) is 9.99. The zero-order chi connectivity index (χ0) is 20.2. The zero-order valence-electron chi connectivity index (χ0n) is 17.3. The van der Waals surface area contributed by atoms with Crippen molar-refractivity contribution in [1.82, 2.24) is 14.5 Å². The van der Waals surface area contributed by atoms with E-state index in [2.05, 4.69) is 77.2 Å². The molecular weight excluding hydrogens is 358 g/mol. The summed E-state index contributed by atoms with van der Waals surface area (Å²) >= 11 is 0. The predicted molar refractivity (Wildman–Crippen MR) is 120 cm³/mol. The molecule has 2 heterocycles. The van der Waals surface area contributed by atoms with Crippen LogP contribution in [0.2, 0.25) is 0 Å². The molecule has 2 aromatic carbocycles. The maximum Gasteiger partial charge on any atom is 0.143 e. The van der Waals surface area contributed by atoms with E-state index in [4.69, 9.17) is 4.74 Å². The summed E-state index contributed by atoms with van der Waals surface area (Å²) in [4.78, 5) is 6.75. The van der Waals surface area contributed by atoms with Crippen LogP contribution in [0.4, 0.5) is 0 Å². The van der Waals surface area contributed by atoms with Gasteiger partial charge in [-0.1, -0.05) is 42.5 Å². The fourth-order valence-corrected chi connectivity index (χ4v) is 3.83. The van der Waals surface area contributed by atoms with E-state index in [0.717, 1.165) is 41.9 Å². The fourth-order valence-electron chi connectivity index (χ4n) is 3.83. The van der Waals surface area contributed by atoms with Crippen molar-refractivity contribution < 1.29 is 4.74 Å². The van der Waals surface area contributed by atoms with Crippen LogP contribution in [0.3, 0.4) is 0 Å². The Kier molecular flexibility index (Phi) is 5.63. The lowest BCUT2D eigenvalue weighted by Crippen LogP contribution is -2.14. The Morgan fingerprint density at radius 1 is 0.931 bits per heavy atom. The summed E-state index contributed by atoms with van der Waals surface area (Å²) in [5.74, 6) is 0.908. The number of aryl methyl sites for hydroxylation is 1. The molecule has 4 rings (SSSR count). The summed E-state index contributed by atoms with van der Waals surface area (Å²) < 4.78 is 8.01. The van der Waals surface area contributed by atoms with E-state index >= 15 is 0 Å². The molecule has 4 heteroatoms. The highest BCUT2D eigenvalue weighted by Crippen LogP contribution is 2.36. The van der Waals surface area contributed by atoms with Gasteiger partial charge in [0.05, 0.1) is 12.6 Å². The van der Waals surface area contributed by atoms with Crippen LogP contribution >= 0.6 is 0 Å². The molecule has 0 bridgehead atoms. The summed E-state index contributed by atoms with van der Waals surface area (Å²) in [6.07, 6.45) is 7.20. The Morgan fingerprint density at radius 2 is 1.72 bits per heavy atom. The van der Waals surface area contributed by atoms with Crippen LogP contribution in [-0.4, -0.2) is 42.2 Å². The van der Waals surface area contributed by atoms with Gasteiger partial charge in [-0.15, -0.1) is 0 Å². The fraction of sp³-hybridized carbons (Fsp3) is 0.240. The largest absolute Gasteiger partial charge is 0.495 e. The third kappa shape index (κ3) is 4.03. The van der Waals surface area contributed by atoms with Gasteiger partial charge in [-0.25, -0.2) is 0 Å². The average Bonchev–Trinajstić information content (AvgIpc) is 3.13. The van der Waals surface area contributed by atoms with E-state index in [1.54, 1.807) is 7.11 Å². The van der Waals surface area contributed by atoms with Gasteiger partial charge in [0.1, 0.15) is 5.75 Å². The highest BCUT2D eigenvalue weighted by atomic mass is 16.5. The lowest BCUT2D eigenvalue weighted by molar-refractivity contribution is 0.386. The van der Waals surface area contributed by atoms with Gasteiger partial charge in [-0.2, -0.15) is 0 Å². The van der Waals surface area contributed by atoms with E-state index in [1.165, 1.54) is 16.5 Å². The van der Waals surface area contributed by atoms with Gasteiger partial charge in [0.2, 0.25) is 0 Å². The third-order valence-electron chi connectivity index (χ3n) is 5.24. The number of methoxy groups -OCH3 is 1. The lowest BCUT2D eigenvalue weighted by Gasteiger charge is -2.11. The van der Waals surface area contributed by atoms with Crippen molar-refractivity contribution in [3.8, 4) is 28.0 Å². The second kappa shape index (κ2) is 8.50. The lowest BCUT2D eigenvalue weighted by atomic mass is 10.0. The van der Waals surface area contributed by atoms with E-state index < -0.39 is 0 Å². The summed E-state index contributed by atoms with van der Waals surface area (Å²) in [6.45, 7) is 2.00.